The quantitative estimate of drug-likeness (QED) is 0.701. The van der Waals surface area contributed by atoms with E-state index in [2.05, 4.69) is 10.4 Å². The number of anilines is 1. The average Bonchev–Trinajstić information content (AvgIpc) is 2.71. The van der Waals surface area contributed by atoms with Gasteiger partial charge in [-0.3, -0.25) is 15.0 Å². The fourth-order valence-electron chi connectivity index (χ4n) is 2.63. The Bertz CT molecular complexity index is 943. The van der Waals surface area contributed by atoms with E-state index in [1.54, 1.807) is 62.6 Å². The number of carbonyl (C=O) groups is 2. The number of hydrogen-bond donors (Lipinski definition) is 2. The minimum atomic E-state index is -0.695. The highest BCUT2D eigenvalue weighted by atomic mass is 35.5. The largest absolute Gasteiger partial charge is 0.497 e. The van der Waals surface area contributed by atoms with E-state index in [1.165, 1.54) is 0 Å². The lowest BCUT2D eigenvalue weighted by Gasteiger charge is -2.27. The molecule has 150 valence electrons. The Labute approximate surface area is 177 Å². The number of benzene rings is 2. The second-order valence-corrected chi connectivity index (χ2v) is 7.86. The van der Waals surface area contributed by atoms with Gasteiger partial charge in [0.1, 0.15) is 11.0 Å². The summed E-state index contributed by atoms with van der Waals surface area (Å²) in [4.78, 5) is 25.0. The zero-order chi connectivity index (χ0) is 21.0. The zero-order valence-electron chi connectivity index (χ0n) is 15.8. The molecule has 2 N–H and O–H groups in total. The van der Waals surface area contributed by atoms with Crippen LogP contribution < -0.4 is 10.1 Å². The second kappa shape index (κ2) is 9.11. The Kier molecular flexibility index (Phi) is 6.56. The summed E-state index contributed by atoms with van der Waals surface area (Å²) in [6, 6.07) is 13.9. The van der Waals surface area contributed by atoms with Crippen LogP contribution >= 0.6 is 23.4 Å². The molecule has 2 aromatic carbocycles. The topological polar surface area (TPSA) is 94.8 Å². The first-order chi connectivity index (χ1) is 13.9. The molecular formula is C20H19ClN4O3S. The minimum absolute atomic E-state index is 0.0492. The number of rotatable bonds is 5. The van der Waals surface area contributed by atoms with Crippen molar-refractivity contribution in [2.45, 2.75) is 18.6 Å². The van der Waals surface area contributed by atoms with Crippen LogP contribution in [0.3, 0.4) is 0 Å². The second-order valence-electron chi connectivity index (χ2n) is 6.23. The maximum absolute atomic E-state index is 12.5. The first-order valence-corrected chi connectivity index (χ1v) is 9.97. The monoisotopic (exact) mass is 430 g/mol. The molecule has 1 heterocycles. The summed E-state index contributed by atoms with van der Waals surface area (Å²) in [6.45, 7) is 1.75. The van der Waals surface area contributed by atoms with Crippen molar-refractivity contribution in [1.82, 2.24) is 5.01 Å². The third-order valence-electron chi connectivity index (χ3n) is 4.20. The number of hydrazone groups is 1. The molecule has 7 nitrogen and oxygen atoms in total. The molecule has 9 heteroatoms. The standard InChI is InChI=1S/C20H19ClN4O3S/c1-12(13-3-5-14(21)6-4-13)24-25-18(26)11-17(29-20(25)22)19(27)23-15-7-9-16(28-2)10-8-15/h3-10,17,22H,11H2,1-2H3,(H,23,27)/b22-20?,24-12-/t17-/m1/s1. The summed E-state index contributed by atoms with van der Waals surface area (Å²) >= 11 is 6.88. The minimum Gasteiger partial charge on any atom is -0.497 e. The summed E-state index contributed by atoms with van der Waals surface area (Å²) in [7, 11) is 1.56. The van der Waals surface area contributed by atoms with E-state index in [1.807, 2.05) is 0 Å². The van der Waals surface area contributed by atoms with Gasteiger partial charge in [0, 0.05) is 10.7 Å². The van der Waals surface area contributed by atoms with Crippen molar-refractivity contribution in [3.8, 4) is 5.75 Å². The summed E-state index contributed by atoms with van der Waals surface area (Å²) in [5.41, 5.74) is 1.95. The van der Waals surface area contributed by atoms with Gasteiger partial charge in [-0.05, 0) is 48.9 Å². The molecule has 1 atom stereocenters. The molecule has 0 aromatic heterocycles. The van der Waals surface area contributed by atoms with Gasteiger partial charge in [0.15, 0.2) is 5.17 Å². The lowest BCUT2D eigenvalue weighted by Crippen LogP contribution is -2.42. The molecule has 1 aliphatic heterocycles. The molecule has 0 saturated carbocycles. The molecule has 2 amide bonds. The molecule has 29 heavy (non-hydrogen) atoms. The van der Waals surface area contributed by atoms with Crippen molar-refractivity contribution in [2.75, 3.05) is 12.4 Å². The lowest BCUT2D eigenvalue weighted by molar-refractivity contribution is -0.129. The smallest absolute Gasteiger partial charge is 0.250 e. The number of nitrogens with zero attached hydrogens (tertiary/aromatic N) is 2. The first kappa shape index (κ1) is 20.9. The van der Waals surface area contributed by atoms with Gasteiger partial charge in [-0.1, -0.05) is 35.5 Å². The Morgan fingerprint density at radius 3 is 2.48 bits per heavy atom. The summed E-state index contributed by atoms with van der Waals surface area (Å²) in [6.07, 6.45) is -0.0492. The van der Waals surface area contributed by atoms with E-state index in [4.69, 9.17) is 21.7 Å². The van der Waals surface area contributed by atoms with Crippen LogP contribution in [0.5, 0.6) is 5.75 Å². The molecule has 0 spiro atoms. The van der Waals surface area contributed by atoms with Crippen LogP contribution in [0.4, 0.5) is 5.69 Å². The Morgan fingerprint density at radius 1 is 1.24 bits per heavy atom. The summed E-state index contributed by atoms with van der Waals surface area (Å²) in [5, 5.41) is 16.0. The first-order valence-electron chi connectivity index (χ1n) is 8.71. The average molecular weight is 431 g/mol. The number of amidine groups is 1. The van der Waals surface area contributed by atoms with Gasteiger partial charge in [0.05, 0.1) is 19.2 Å². The molecule has 1 aliphatic rings. The van der Waals surface area contributed by atoms with Crippen molar-refractivity contribution in [1.29, 1.82) is 5.41 Å². The Morgan fingerprint density at radius 2 is 1.90 bits per heavy atom. The van der Waals surface area contributed by atoms with E-state index < -0.39 is 11.2 Å². The number of hydrogen-bond acceptors (Lipinski definition) is 6. The van der Waals surface area contributed by atoms with E-state index in [-0.39, 0.29) is 17.5 Å². The van der Waals surface area contributed by atoms with Crippen molar-refractivity contribution < 1.29 is 14.3 Å². The molecule has 0 unspecified atom stereocenters. The van der Waals surface area contributed by atoms with Crippen LogP contribution in [0.15, 0.2) is 53.6 Å². The van der Waals surface area contributed by atoms with Crippen molar-refractivity contribution >= 4 is 51.7 Å². The number of methoxy groups -OCH3 is 1. The van der Waals surface area contributed by atoms with Gasteiger partial charge in [-0.2, -0.15) is 10.1 Å². The zero-order valence-corrected chi connectivity index (χ0v) is 17.4. The number of thioether (sulfide) groups is 1. The molecule has 0 radical (unpaired) electrons. The third kappa shape index (κ3) is 5.16. The fraction of sp³-hybridized carbons (Fsp3) is 0.200. The maximum Gasteiger partial charge on any atom is 0.250 e. The predicted octanol–water partition coefficient (Wildman–Crippen LogP) is 3.98. The van der Waals surface area contributed by atoms with Gasteiger partial charge < -0.3 is 10.1 Å². The molecule has 0 bridgehead atoms. The van der Waals surface area contributed by atoms with Crippen LogP contribution in [0.2, 0.25) is 5.02 Å². The van der Waals surface area contributed by atoms with Crippen LogP contribution in [-0.2, 0) is 9.59 Å². The van der Waals surface area contributed by atoms with Crippen LogP contribution in [-0.4, -0.2) is 40.1 Å². The van der Waals surface area contributed by atoms with Crippen molar-refractivity contribution in [2.24, 2.45) is 5.10 Å². The van der Waals surface area contributed by atoms with Gasteiger partial charge in [-0.15, -0.1) is 0 Å². The van der Waals surface area contributed by atoms with E-state index in [0.29, 0.717) is 22.2 Å². The Balaban J connectivity index is 1.66. The van der Waals surface area contributed by atoms with Gasteiger partial charge in [0.2, 0.25) is 5.91 Å². The Hall–Kier alpha value is -2.84. The van der Waals surface area contributed by atoms with E-state index >= 15 is 0 Å². The normalized spacial score (nSPS) is 17.3. The summed E-state index contributed by atoms with van der Waals surface area (Å²) in [5.74, 6) is -0.0650. The van der Waals surface area contributed by atoms with Gasteiger partial charge >= 0.3 is 0 Å². The molecule has 0 aliphatic carbocycles. The molecule has 1 saturated heterocycles. The number of ether oxygens (including phenoxy) is 1. The van der Waals surface area contributed by atoms with Crippen LogP contribution in [0.25, 0.3) is 0 Å². The molecule has 2 aromatic rings. The number of amides is 2. The van der Waals surface area contributed by atoms with Crippen LogP contribution in [0, 0.1) is 5.41 Å². The van der Waals surface area contributed by atoms with E-state index in [9.17, 15) is 9.59 Å². The number of halogens is 1. The number of nitrogens with one attached hydrogen (secondary N) is 2. The molecule has 1 fully saturated rings. The lowest BCUT2D eigenvalue weighted by atomic mass is 10.1. The van der Waals surface area contributed by atoms with Gasteiger partial charge in [0.25, 0.3) is 5.91 Å². The SMILES string of the molecule is COc1ccc(NC(=O)[C@H]2CC(=O)N(/N=C(/C)c3ccc(Cl)cc3)C(=N)S2)cc1. The fourth-order valence-corrected chi connectivity index (χ4v) is 3.66. The predicted molar refractivity (Wildman–Crippen MR) is 116 cm³/mol. The molecular weight excluding hydrogens is 412 g/mol. The summed E-state index contributed by atoms with van der Waals surface area (Å²) < 4.78 is 5.09. The van der Waals surface area contributed by atoms with Crippen molar-refractivity contribution in [3.05, 3.63) is 59.1 Å². The third-order valence-corrected chi connectivity index (χ3v) is 5.52. The highest BCUT2D eigenvalue weighted by Crippen LogP contribution is 2.28. The highest BCUT2D eigenvalue weighted by Gasteiger charge is 2.35. The van der Waals surface area contributed by atoms with E-state index in [0.717, 1.165) is 22.3 Å². The number of carbonyl (C=O) groups excluding carboxylic acids is 2. The highest BCUT2D eigenvalue weighted by molar-refractivity contribution is 8.14. The van der Waals surface area contributed by atoms with Gasteiger partial charge in [-0.25, -0.2) is 0 Å². The molecule has 3 rings (SSSR count). The van der Waals surface area contributed by atoms with Crippen molar-refractivity contribution in [3.63, 3.8) is 0 Å². The maximum atomic E-state index is 12.5. The van der Waals surface area contributed by atoms with Crippen LogP contribution in [0.1, 0.15) is 18.9 Å².